The number of ether oxygens (including phenoxy) is 1. The number of nitrogens with zero attached hydrogens (tertiary/aromatic N) is 2. The zero-order valence-electron chi connectivity index (χ0n) is 14.6. The fraction of sp³-hybridized carbons (Fsp3) is 0.200. The van der Waals surface area contributed by atoms with Gasteiger partial charge in [-0.15, -0.1) is 0 Å². The van der Waals surface area contributed by atoms with E-state index in [-0.39, 0.29) is 4.91 Å². The van der Waals surface area contributed by atoms with E-state index < -0.39 is 5.97 Å². The van der Waals surface area contributed by atoms with Crippen molar-refractivity contribution in [1.29, 1.82) is 0 Å². The molecule has 0 atom stereocenters. The normalized spacial score (nSPS) is 15.3. The molecule has 2 aromatic carbocycles. The van der Waals surface area contributed by atoms with Crippen LogP contribution in [0.5, 0.6) is 0 Å². The second kappa shape index (κ2) is 7.85. The number of carboxylic acids is 1. The molecular formula is C20H19N3O3S. The Morgan fingerprint density at radius 2 is 1.89 bits per heavy atom. The number of anilines is 1. The van der Waals surface area contributed by atoms with Gasteiger partial charge in [0.2, 0.25) is 0 Å². The Balaban J connectivity index is 1.54. The van der Waals surface area contributed by atoms with Crippen molar-refractivity contribution in [3.63, 3.8) is 0 Å². The molecule has 27 heavy (non-hydrogen) atoms. The van der Waals surface area contributed by atoms with Gasteiger partial charge >= 0.3 is 5.97 Å². The molecule has 1 saturated heterocycles. The van der Waals surface area contributed by atoms with Gasteiger partial charge in [0.1, 0.15) is 4.91 Å². The molecule has 0 spiro atoms. The molecule has 0 aliphatic carbocycles. The van der Waals surface area contributed by atoms with Gasteiger partial charge in [0, 0.05) is 18.8 Å². The van der Waals surface area contributed by atoms with Crippen LogP contribution in [-0.2, 0) is 9.53 Å². The molecule has 1 aromatic heterocycles. The van der Waals surface area contributed by atoms with Gasteiger partial charge in [0.05, 0.1) is 24.2 Å². The average Bonchev–Trinajstić information content (AvgIpc) is 3.11. The first-order chi connectivity index (χ1) is 13.2. The SMILES string of the molecule is O=C(O)/C(=C\c1ccc(N2CCOCC2)cc1)Sc1nc2ccccc2[nH]1. The number of carboxylic acid groups (broad SMARTS) is 1. The second-order valence-corrected chi connectivity index (χ2v) is 7.20. The van der Waals surface area contributed by atoms with Crippen molar-refractivity contribution in [2.45, 2.75) is 5.16 Å². The van der Waals surface area contributed by atoms with Gasteiger partial charge in [0.25, 0.3) is 0 Å². The molecule has 3 aromatic rings. The van der Waals surface area contributed by atoms with E-state index in [1.807, 2.05) is 48.5 Å². The summed E-state index contributed by atoms with van der Waals surface area (Å²) in [7, 11) is 0. The van der Waals surface area contributed by atoms with Crippen molar-refractivity contribution in [3.8, 4) is 0 Å². The van der Waals surface area contributed by atoms with Gasteiger partial charge in [-0.25, -0.2) is 9.78 Å². The van der Waals surface area contributed by atoms with Crippen molar-refractivity contribution >= 4 is 40.5 Å². The van der Waals surface area contributed by atoms with E-state index in [0.29, 0.717) is 5.16 Å². The number of hydrogen-bond donors (Lipinski definition) is 2. The highest BCUT2D eigenvalue weighted by molar-refractivity contribution is 8.04. The molecule has 1 aliphatic heterocycles. The molecule has 4 rings (SSSR count). The summed E-state index contributed by atoms with van der Waals surface area (Å²) in [4.78, 5) is 21.7. The van der Waals surface area contributed by atoms with E-state index in [0.717, 1.165) is 60.3 Å². The van der Waals surface area contributed by atoms with E-state index in [4.69, 9.17) is 4.74 Å². The Morgan fingerprint density at radius 3 is 2.59 bits per heavy atom. The van der Waals surface area contributed by atoms with Crippen molar-refractivity contribution in [1.82, 2.24) is 9.97 Å². The Morgan fingerprint density at radius 1 is 1.15 bits per heavy atom. The first kappa shape index (κ1) is 17.6. The third kappa shape index (κ3) is 4.15. The fourth-order valence-electron chi connectivity index (χ4n) is 2.97. The van der Waals surface area contributed by atoms with Crippen molar-refractivity contribution in [2.24, 2.45) is 0 Å². The molecule has 1 aliphatic rings. The summed E-state index contributed by atoms with van der Waals surface area (Å²) < 4.78 is 5.37. The van der Waals surface area contributed by atoms with Crippen LogP contribution in [0.2, 0.25) is 0 Å². The number of aromatic amines is 1. The van der Waals surface area contributed by atoms with E-state index in [1.165, 1.54) is 0 Å². The minimum atomic E-state index is -0.974. The molecule has 1 fully saturated rings. The lowest BCUT2D eigenvalue weighted by molar-refractivity contribution is -0.131. The summed E-state index contributed by atoms with van der Waals surface area (Å²) in [5, 5.41) is 10.1. The van der Waals surface area contributed by atoms with E-state index in [2.05, 4.69) is 14.9 Å². The fourth-order valence-corrected chi connectivity index (χ4v) is 3.77. The summed E-state index contributed by atoms with van der Waals surface area (Å²) in [5.74, 6) is -0.974. The number of rotatable bonds is 5. The van der Waals surface area contributed by atoms with Crippen molar-refractivity contribution < 1.29 is 14.6 Å². The predicted octanol–water partition coefficient (Wildman–Crippen LogP) is 3.62. The maximum atomic E-state index is 11.7. The van der Waals surface area contributed by atoms with Crippen LogP contribution in [0.1, 0.15) is 5.56 Å². The number of nitrogens with one attached hydrogen (secondary N) is 1. The lowest BCUT2D eigenvalue weighted by atomic mass is 10.1. The Hall–Kier alpha value is -2.77. The van der Waals surface area contributed by atoms with Gasteiger partial charge in [-0.3, -0.25) is 0 Å². The summed E-state index contributed by atoms with van der Waals surface area (Å²) in [6, 6.07) is 15.5. The van der Waals surface area contributed by atoms with Crippen LogP contribution in [-0.4, -0.2) is 47.3 Å². The van der Waals surface area contributed by atoms with Crippen molar-refractivity contribution in [2.75, 3.05) is 31.2 Å². The second-order valence-electron chi connectivity index (χ2n) is 6.17. The van der Waals surface area contributed by atoms with Crippen LogP contribution in [0.4, 0.5) is 5.69 Å². The molecule has 2 heterocycles. The standard InChI is InChI=1S/C20H19N3O3S/c24-19(25)18(27-20-21-16-3-1-2-4-17(16)22-20)13-14-5-7-15(8-6-14)23-9-11-26-12-10-23/h1-8,13H,9-12H2,(H,21,22)(H,24,25)/b18-13+. The Labute approximate surface area is 160 Å². The maximum absolute atomic E-state index is 11.7. The molecule has 0 amide bonds. The number of morpholine rings is 1. The molecular weight excluding hydrogens is 362 g/mol. The Kier molecular flexibility index (Phi) is 5.13. The number of carbonyl (C=O) groups is 1. The lowest BCUT2D eigenvalue weighted by Crippen LogP contribution is -2.36. The number of fused-ring (bicyclic) bond motifs is 1. The quantitative estimate of drug-likeness (QED) is 0.519. The maximum Gasteiger partial charge on any atom is 0.342 e. The highest BCUT2D eigenvalue weighted by Gasteiger charge is 2.14. The molecule has 2 N–H and O–H groups in total. The first-order valence-corrected chi connectivity index (χ1v) is 9.51. The van der Waals surface area contributed by atoms with Crippen LogP contribution in [0.3, 0.4) is 0 Å². The Bertz CT molecular complexity index is 943. The summed E-state index contributed by atoms with van der Waals surface area (Å²) in [5.41, 5.74) is 3.67. The van der Waals surface area contributed by atoms with Crippen LogP contribution in [0.15, 0.2) is 58.6 Å². The molecule has 6 nitrogen and oxygen atoms in total. The minimum absolute atomic E-state index is 0.216. The van der Waals surface area contributed by atoms with Gasteiger partial charge in [-0.2, -0.15) is 0 Å². The molecule has 7 heteroatoms. The zero-order chi connectivity index (χ0) is 18.6. The number of para-hydroxylation sites is 2. The number of aromatic nitrogens is 2. The molecule has 0 radical (unpaired) electrons. The van der Waals surface area contributed by atoms with Gasteiger partial charge in [0.15, 0.2) is 5.16 Å². The summed E-state index contributed by atoms with van der Waals surface area (Å²) >= 11 is 1.12. The van der Waals surface area contributed by atoms with Crippen LogP contribution in [0.25, 0.3) is 17.1 Å². The number of benzene rings is 2. The van der Waals surface area contributed by atoms with Gasteiger partial charge in [-0.05, 0) is 47.7 Å². The highest BCUT2D eigenvalue weighted by atomic mass is 32.2. The van der Waals surface area contributed by atoms with E-state index >= 15 is 0 Å². The van der Waals surface area contributed by atoms with E-state index in [1.54, 1.807) is 6.08 Å². The monoisotopic (exact) mass is 381 g/mol. The topological polar surface area (TPSA) is 78.4 Å². The number of imidazole rings is 1. The molecule has 138 valence electrons. The number of thioether (sulfide) groups is 1. The zero-order valence-corrected chi connectivity index (χ0v) is 15.4. The molecule has 0 unspecified atom stereocenters. The number of hydrogen-bond acceptors (Lipinski definition) is 5. The third-order valence-corrected chi connectivity index (χ3v) is 5.25. The first-order valence-electron chi connectivity index (χ1n) is 8.69. The van der Waals surface area contributed by atoms with Gasteiger partial charge in [-0.1, -0.05) is 24.3 Å². The minimum Gasteiger partial charge on any atom is -0.477 e. The van der Waals surface area contributed by atoms with E-state index in [9.17, 15) is 9.90 Å². The van der Waals surface area contributed by atoms with Gasteiger partial charge < -0.3 is 19.7 Å². The van der Waals surface area contributed by atoms with Crippen LogP contribution >= 0.6 is 11.8 Å². The smallest absolute Gasteiger partial charge is 0.342 e. The largest absolute Gasteiger partial charge is 0.477 e. The van der Waals surface area contributed by atoms with Crippen LogP contribution < -0.4 is 4.90 Å². The average molecular weight is 381 g/mol. The number of H-pyrrole nitrogens is 1. The summed E-state index contributed by atoms with van der Waals surface area (Å²) in [6.45, 7) is 3.22. The number of aliphatic carboxylic acids is 1. The molecule has 0 saturated carbocycles. The highest BCUT2D eigenvalue weighted by Crippen LogP contribution is 2.28. The molecule has 0 bridgehead atoms. The summed E-state index contributed by atoms with van der Waals surface area (Å²) in [6.07, 6.45) is 1.67. The predicted molar refractivity (Wildman–Crippen MR) is 107 cm³/mol. The lowest BCUT2D eigenvalue weighted by Gasteiger charge is -2.28. The van der Waals surface area contributed by atoms with Crippen LogP contribution in [0, 0.1) is 0 Å². The third-order valence-electron chi connectivity index (χ3n) is 4.35. The van der Waals surface area contributed by atoms with Crippen molar-refractivity contribution in [3.05, 3.63) is 59.0 Å².